The molecule has 1 aliphatic heterocycles. The summed E-state index contributed by atoms with van der Waals surface area (Å²) in [7, 11) is 1.54. The van der Waals surface area contributed by atoms with Gasteiger partial charge in [-0.3, -0.25) is 0 Å². The Bertz CT molecular complexity index is 1170. The summed E-state index contributed by atoms with van der Waals surface area (Å²) < 4.78 is 19.1. The highest BCUT2D eigenvalue weighted by Gasteiger charge is 2.28. The van der Waals surface area contributed by atoms with Crippen LogP contribution < -0.4 is 10.1 Å². The maximum atomic E-state index is 13.8. The number of rotatable bonds is 7. The lowest BCUT2D eigenvalue weighted by atomic mass is 10.0. The molecule has 1 aliphatic rings. The van der Waals surface area contributed by atoms with Gasteiger partial charge >= 0.3 is 6.03 Å². The normalized spacial score (nSPS) is 14.9. The Balaban J connectivity index is 1.50. The number of carbonyl (C=O) groups excluding carboxylic acids is 1. The van der Waals surface area contributed by atoms with Crippen LogP contribution in [0.15, 0.2) is 78.0 Å². The summed E-state index contributed by atoms with van der Waals surface area (Å²) in [5.74, 6) is 0.178. The van der Waals surface area contributed by atoms with E-state index in [1.165, 1.54) is 19.2 Å². The summed E-state index contributed by atoms with van der Waals surface area (Å²) in [5.41, 5.74) is 2.73. The Kier molecular flexibility index (Phi) is 7.10. The molecule has 170 valence electrons. The van der Waals surface area contributed by atoms with Crippen molar-refractivity contribution in [2.75, 3.05) is 19.0 Å². The molecule has 0 radical (unpaired) electrons. The van der Waals surface area contributed by atoms with Gasteiger partial charge in [0.2, 0.25) is 0 Å². The Labute approximate surface area is 196 Å². The number of ether oxygens (including phenoxy) is 1. The maximum absolute atomic E-state index is 13.8. The number of hydrogen-bond donors (Lipinski definition) is 1. The number of halogens is 2. The number of nitrogens with one attached hydrogen (secondary N) is 1. The third kappa shape index (κ3) is 5.62. The molecule has 1 heterocycles. The third-order valence-corrected chi connectivity index (χ3v) is 5.57. The van der Waals surface area contributed by atoms with E-state index in [1.54, 1.807) is 41.3 Å². The Morgan fingerprint density at radius 3 is 2.76 bits per heavy atom. The number of nitrogens with zero attached hydrogens (tertiary/aromatic N) is 2. The van der Waals surface area contributed by atoms with Crippen LogP contribution in [0.5, 0.6) is 5.75 Å². The quantitative estimate of drug-likeness (QED) is 0.483. The van der Waals surface area contributed by atoms with Gasteiger partial charge in [-0.05, 0) is 35.9 Å². The van der Waals surface area contributed by atoms with Crippen molar-refractivity contribution in [2.45, 2.75) is 19.1 Å². The fourth-order valence-corrected chi connectivity index (χ4v) is 3.89. The average molecular weight is 468 g/mol. The molecular weight excluding hydrogens is 445 g/mol. The van der Waals surface area contributed by atoms with E-state index in [-0.39, 0.29) is 31.0 Å². The monoisotopic (exact) mass is 467 g/mol. The van der Waals surface area contributed by atoms with Crippen LogP contribution in [0.3, 0.4) is 0 Å². The molecule has 1 N–H and O–H groups in total. The summed E-state index contributed by atoms with van der Waals surface area (Å²) in [6.45, 7) is 0.439. The SMILES string of the molecule is COc1ccccc1NC(=O)N(Cc1cccc(F)c1)CC1CC(c2ccccc2Cl)=NO1. The van der Waals surface area contributed by atoms with E-state index in [0.29, 0.717) is 28.4 Å². The molecule has 0 aliphatic carbocycles. The lowest BCUT2D eigenvalue weighted by molar-refractivity contribution is 0.0608. The Morgan fingerprint density at radius 1 is 1.18 bits per heavy atom. The van der Waals surface area contributed by atoms with Crippen LogP contribution in [-0.2, 0) is 11.4 Å². The molecule has 2 amide bonds. The zero-order valence-corrected chi connectivity index (χ0v) is 18.8. The van der Waals surface area contributed by atoms with Crippen LogP contribution >= 0.6 is 11.6 Å². The molecule has 0 bridgehead atoms. The molecule has 3 aromatic carbocycles. The second-order valence-corrected chi connectivity index (χ2v) is 8.00. The fraction of sp³-hybridized carbons (Fsp3) is 0.200. The van der Waals surface area contributed by atoms with Gasteiger partial charge in [-0.1, -0.05) is 59.2 Å². The minimum atomic E-state index is -0.367. The number of methoxy groups -OCH3 is 1. The van der Waals surface area contributed by atoms with Crippen LogP contribution in [0.1, 0.15) is 17.5 Å². The molecule has 0 aromatic heterocycles. The highest BCUT2D eigenvalue weighted by molar-refractivity contribution is 6.34. The number of carbonyl (C=O) groups is 1. The second-order valence-electron chi connectivity index (χ2n) is 7.59. The largest absolute Gasteiger partial charge is 0.495 e. The van der Waals surface area contributed by atoms with E-state index in [9.17, 15) is 9.18 Å². The van der Waals surface area contributed by atoms with E-state index in [0.717, 1.165) is 11.3 Å². The van der Waals surface area contributed by atoms with Gasteiger partial charge in [0, 0.05) is 23.6 Å². The van der Waals surface area contributed by atoms with Crippen molar-refractivity contribution in [3.05, 3.63) is 94.8 Å². The minimum absolute atomic E-state index is 0.194. The van der Waals surface area contributed by atoms with Crippen LogP contribution in [0.25, 0.3) is 0 Å². The predicted octanol–water partition coefficient (Wildman–Crippen LogP) is 5.72. The van der Waals surface area contributed by atoms with E-state index >= 15 is 0 Å². The molecule has 0 spiro atoms. The number of amides is 2. The zero-order valence-electron chi connectivity index (χ0n) is 18.0. The summed E-state index contributed by atoms with van der Waals surface area (Å²) >= 11 is 6.29. The van der Waals surface area contributed by atoms with Gasteiger partial charge in [-0.15, -0.1) is 0 Å². The van der Waals surface area contributed by atoms with Crippen LogP contribution in [0, 0.1) is 5.82 Å². The standard InChI is InChI=1S/C25H23ClFN3O3/c1-32-24-12-5-4-11-22(24)28-25(31)30(15-17-7-6-8-18(27)13-17)16-19-14-23(29-33-19)20-9-2-3-10-21(20)26/h2-13,19H,14-16H2,1H3,(H,28,31). The van der Waals surface area contributed by atoms with E-state index in [2.05, 4.69) is 10.5 Å². The van der Waals surface area contributed by atoms with Gasteiger partial charge in [-0.2, -0.15) is 0 Å². The molecule has 8 heteroatoms. The van der Waals surface area contributed by atoms with Crippen LogP contribution in [-0.4, -0.2) is 36.4 Å². The molecular formula is C25H23ClFN3O3. The first-order valence-electron chi connectivity index (χ1n) is 10.4. The molecule has 4 rings (SSSR count). The first-order chi connectivity index (χ1) is 16.0. The molecule has 6 nitrogen and oxygen atoms in total. The third-order valence-electron chi connectivity index (χ3n) is 5.24. The van der Waals surface area contributed by atoms with Gasteiger partial charge in [0.1, 0.15) is 11.6 Å². The lowest BCUT2D eigenvalue weighted by Crippen LogP contribution is -2.40. The first-order valence-corrected chi connectivity index (χ1v) is 10.8. The molecule has 1 unspecified atom stereocenters. The zero-order chi connectivity index (χ0) is 23.2. The molecule has 0 saturated carbocycles. The summed E-state index contributed by atoms with van der Waals surface area (Å²) in [4.78, 5) is 20.4. The van der Waals surface area contributed by atoms with Gasteiger partial charge in [0.15, 0.2) is 6.10 Å². The summed E-state index contributed by atoms with van der Waals surface area (Å²) in [5, 5.41) is 7.65. The van der Waals surface area contributed by atoms with Gasteiger partial charge in [-0.25, -0.2) is 9.18 Å². The molecule has 3 aromatic rings. The van der Waals surface area contributed by atoms with Gasteiger partial charge < -0.3 is 19.8 Å². The second kappa shape index (κ2) is 10.4. The maximum Gasteiger partial charge on any atom is 0.322 e. The van der Waals surface area contributed by atoms with Crippen molar-refractivity contribution in [3.63, 3.8) is 0 Å². The fourth-order valence-electron chi connectivity index (χ4n) is 3.64. The van der Waals surface area contributed by atoms with Crippen molar-refractivity contribution in [2.24, 2.45) is 5.16 Å². The van der Waals surface area contributed by atoms with Gasteiger partial charge in [0.05, 0.1) is 25.1 Å². The summed E-state index contributed by atoms with van der Waals surface area (Å²) in [6.07, 6.45) is 0.124. The average Bonchev–Trinajstić information content (AvgIpc) is 3.27. The first kappa shape index (κ1) is 22.6. The number of hydrogen-bond acceptors (Lipinski definition) is 4. The van der Waals surface area contributed by atoms with Crippen molar-refractivity contribution in [1.82, 2.24) is 4.90 Å². The van der Waals surface area contributed by atoms with E-state index in [1.807, 2.05) is 24.3 Å². The Hall–Kier alpha value is -3.58. The number of urea groups is 1. The van der Waals surface area contributed by atoms with Gasteiger partial charge in [0.25, 0.3) is 0 Å². The number of benzene rings is 3. The molecule has 0 saturated heterocycles. The van der Waals surface area contributed by atoms with E-state index < -0.39 is 0 Å². The number of oxime groups is 1. The highest BCUT2D eigenvalue weighted by atomic mass is 35.5. The Morgan fingerprint density at radius 2 is 1.97 bits per heavy atom. The summed E-state index contributed by atoms with van der Waals surface area (Å²) in [6, 6.07) is 20.3. The van der Waals surface area contributed by atoms with Crippen LogP contribution in [0.2, 0.25) is 5.02 Å². The topological polar surface area (TPSA) is 63.2 Å². The predicted molar refractivity (Wildman–Crippen MR) is 126 cm³/mol. The molecule has 1 atom stereocenters. The van der Waals surface area contributed by atoms with Crippen molar-refractivity contribution in [3.8, 4) is 5.75 Å². The number of anilines is 1. The minimum Gasteiger partial charge on any atom is -0.495 e. The molecule has 0 fully saturated rings. The van der Waals surface area contributed by atoms with Crippen molar-refractivity contribution >= 4 is 29.0 Å². The molecule has 33 heavy (non-hydrogen) atoms. The van der Waals surface area contributed by atoms with Crippen LogP contribution in [0.4, 0.5) is 14.9 Å². The number of para-hydroxylation sites is 2. The van der Waals surface area contributed by atoms with E-state index in [4.69, 9.17) is 21.2 Å². The smallest absolute Gasteiger partial charge is 0.322 e. The highest BCUT2D eigenvalue weighted by Crippen LogP contribution is 2.26. The van der Waals surface area contributed by atoms with Crippen molar-refractivity contribution < 1.29 is 18.8 Å². The van der Waals surface area contributed by atoms with Crippen molar-refractivity contribution in [1.29, 1.82) is 0 Å². The lowest BCUT2D eigenvalue weighted by Gasteiger charge is -2.25.